The minimum absolute atomic E-state index is 0.0750. The van der Waals surface area contributed by atoms with E-state index in [-0.39, 0.29) is 29.6 Å². The van der Waals surface area contributed by atoms with Crippen molar-refractivity contribution >= 4 is 34.3 Å². The van der Waals surface area contributed by atoms with Crippen LogP contribution in [0, 0.1) is 12.8 Å². The zero-order valence-corrected chi connectivity index (χ0v) is 18.7. The number of piperidine rings is 1. The number of ether oxygens (including phenoxy) is 1. The van der Waals surface area contributed by atoms with Crippen molar-refractivity contribution in [2.75, 3.05) is 25.5 Å². The molecule has 7 nitrogen and oxygen atoms in total. The van der Waals surface area contributed by atoms with Crippen LogP contribution in [0.25, 0.3) is 0 Å². The monoisotopic (exact) mass is 441 g/mol. The van der Waals surface area contributed by atoms with Gasteiger partial charge in [0.05, 0.1) is 24.6 Å². The Kier molecular flexibility index (Phi) is 6.36. The number of nitrogens with zero attached hydrogens (tertiary/aromatic N) is 2. The highest BCUT2D eigenvalue weighted by Gasteiger charge is 2.36. The largest absolute Gasteiger partial charge is 0.469 e. The van der Waals surface area contributed by atoms with E-state index >= 15 is 0 Å². The van der Waals surface area contributed by atoms with Crippen molar-refractivity contribution in [3.05, 3.63) is 46.0 Å². The van der Waals surface area contributed by atoms with Gasteiger partial charge in [0, 0.05) is 23.5 Å². The van der Waals surface area contributed by atoms with Gasteiger partial charge in [-0.1, -0.05) is 17.7 Å². The third-order valence-corrected chi connectivity index (χ3v) is 7.17. The Hall–Kier alpha value is -2.74. The molecule has 1 N–H and O–H groups in total. The fourth-order valence-corrected chi connectivity index (χ4v) is 5.37. The van der Waals surface area contributed by atoms with Crippen LogP contribution in [-0.2, 0) is 20.7 Å². The summed E-state index contributed by atoms with van der Waals surface area (Å²) < 4.78 is 4.83. The van der Waals surface area contributed by atoms with Crippen molar-refractivity contribution in [1.82, 2.24) is 9.88 Å². The van der Waals surface area contributed by atoms with Gasteiger partial charge in [0.15, 0.2) is 5.13 Å². The first-order valence-corrected chi connectivity index (χ1v) is 11.5. The molecule has 8 heteroatoms. The molecule has 1 aromatic carbocycles. The number of carbonyl (C=O) groups excluding carboxylic acids is 3. The first kappa shape index (κ1) is 21.5. The van der Waals surface area contributed by atoms with E-state index in [4.69, 9.17) is 4.74 Å². The van der Waals surface area contributed by atoms with Crippen LogP contribution in [0.5, 0.6) is 0 Å². The number of esters is 1. The van der Waals surface area contributed by atoms with Crippen LogP contribution in [0.2, 0.25) is 0 Å². The number of hydrogen-bond acceptors (Lipinski definition) is 6. The molecule has 164 valence electrons. The molecule has 2 aliphatic rings. The van der Waals surface area contributed by atoms with Gasteiger partial charge in [-0.25, -0.2) is 4.98 Å². The van der Waals surface area contributed by atoms with Crippen molar-refractivity contribution in [3.8, 4) is 0 Å². The minimum atomic E-state index is -0.278. The maximum absolute atomic E-state index is 13.2. The average molecular weight is 442 g/mol. The Balaban J connectivity index is 1.44. The summed E-state index contributed by atoms with van der Waals surface area (Å²) in [4.78, 5) is 45.1. The average Bonchev–Trinajstić information content (AvgIpc) is 3.21. The SMILES string of the molecule is COC(=O)C1CCN(C(=O)C2CCCc3sc(NC(=O)c4ccc(C)cc4)nc32)CC1. The molecular weight excluding hydrogens is 414 g/mol. The highest BCUT2D eigenvalue weighted by Crippen LogP contribution is 2.38. The van der Waals surface area contributed by atoms with Gasteiger partial charge in [0.25, 0.3) is 5.91 Å². The van der Waals surface area contributed by atoms with Crippen molar-refractivity contribution in [2.45, 2.75) is 44.9 Å². The number of aromatic nitrogens is 1. The number of nitrogens with one attached hydrogen (secondary N) is 1. The normalized spacial score (nSPS) is 18.9. The first-order chi connectivity index (χ1) is 15.0. The molecule has 2 aromatic rings. The van der Waals surface area contributed by atoms with E-state index < -0.39 is 0 Å². The van der Waals surface area contributed by atoms with Gasteiger partial charge in [-0.05, 0) is 51.2 Å². The molecule has 0 bridgehead atoms. The maximum atomic E-state index is 13.2. The molecule has 1 atom stereocenters. The Morgan fingerprint density at radius 2 is 1.84 bits per heavy atom. The molecule has 2 amide bonds. The molecule has 1 saturated heterocycles. The van der Waals surface area contributed by atoms with Gasteiger partial charge >= 0.3 is 5.97 Å². The van der Waals surface area contributed by atoms with Crippen LogP contribution in [0.15, 0.2) is 24.3 Å². The van der Waals surface area contributed by atoms with Gasteiger partial charge in [0.1, 0.15) is 0 Å². The summed E-state index contributed by atoms with van der Waals surface area (Å²) in [6.45, 7) is 3.10. The number of anilines is 1. The zero-order valence-electron chi connectivity index (χ0n) is 17.8. The van der Waals surface area contributed by atoms with E-state index in [1.165, 1.54) is 18.4 Å². The van der Waals surface area contributed by atoms with Crippen molar-refractivity contribution < 1.29 is 19.1 Å². The molecule has 31 heavy (non-hydrogen) atoms. The van der Waals surface area contributed by atoms with Crippen LogP contribution >= 0.6 is 11.3 Å². The number of methoxy groups -OCH3 is 1. The summed E-state index contributed by atoms with van der Waals surface area (Å²) in [6, 6.07) is 7.39. The van der Waals surface area contributed by atoms with Gasteiger partial charge < -0.3 is 9.64 Å². The van der Waals surface area contributed by atoms with E-state index in [0.29, 0.717) is 36.6 Å². The quantitative estimate of drug-likeness (QED) is 0.733. The third kappa shape index (κ3) is 4.63. The summed E-state index contributed by atoms with van der Waals surface area (Å²) in [7, 11) is 1.40. The second-order valence-corrected chi connectivity index (χ2v) is 9.30. The summed E-state index contributed by atoms with van der Waals surface area (Å²) >= 11 is 1.46. The van der Waals surface area contributed by atoms with Crippen molar-refractivity contribution in [3.63, 3.8) is 0 Å². The molecule has 1 fully saturated rings. The number of amides is 2. The Labute approximate surface area is 185 Å². The van der Waals surface area contributed by atoms with Crippen LogP contribution < -0.4 is 5.32 Å². The topological polar surface area (TPSA) is 88.6 Å². The summed E-state index contributed by atoms with van der Waals surface area (Å²) in [5.74, 6) is -0.719. The molecule has 4 rings (SSSR count). The molecule has 0 saturated carbocycles. The predicted octanol–water partition coefficient (Wildman–Crippen LogP) is 3.54. The van der Waals surface area contributed by atoms with E-state index in [1.54, 1.807) is 12.1 Å². The van der Waals surface area contributed by atoms with Crippen LogP contribution in [0.1, 0.15) is 58.1 Å². The van der Waals surface area contributed by atoms with E-state index in [1.807, 2.05) is 24.0 Å². The number of benzene rings is 1. The lowest BCUT2D eigenvalue weighted by atomic mass is 9.88. The lowest BCUT2D eigenvalue weighted by Gasteiger charge is -2.34. The fraction of sp³-hybridized carbons (Fsp3) is 0.478. The molecule has 2 heterocycles. The highest BCUT2D eigenvalue weighted by atomic mass is 32.1. The van der Waals surface area contributed by atoms with E-state index in [2.05, 4.69) is 10.3 Å². The predicted molar refractivity (Wildman–Crippen MR) is 118 cm³/mol. The molecule has 1 aliphatic heterocycles. The Morgan fingerprint density at radius 1 is 1.13 bits per heavy atom. The van der Waals surface area contributed by atoms with Gasteiger partial charge in [0.2, 0.25) is 5.91 Å². The first-order valence-electron chi connectivity index (χ1n) is 10.7. The number of aryl methyl sites for hydroxylation is 2. The van der Waals surface area contributed by atoms with Gasteiger partial charge in [-0.15, -0.1) is 11.3 Å². The molecule has 0 radical (unpaired) electrons. The number of likely N-dealkylation sites (tertiary alicyclic amines) is 1. The number of thiazole rings is 1. The van der Waals surface area contributed by atoms with Crippen LogP contribution in [0.3, 0.4) is 0 Å². The molecule has 0 spiro atoms. The summed E-state index contributed by atoms with van der Waals surface area (Å²) in [5, 5.41) is 3.43. The molecular formula is C23H27N3O4S. The number of hydrogen-bond donors (Lipinski definition) is 1. The highest BCUT2D eigenvalue weighted by molar-refractivity contribution is 7.16. The van der Waals surface area contributed by atoms with Gasteiger partial charge in [-0.2, -0.15) is 0 Å². The third-order valence-electron chi connectivity index (χ3n) is 6.13. The standard InChI is InChI=1S/C23H27N3O4S/c1-14-6-8-15(9-7-14)20(27)25-23-24-19-17(4-3-5-18(19)31-23)21(28)26-12-10-16(11-13-26)22(29)30-2/h6-9,16-17H,3-5,10-13H2,1-2H3,(H,24,25,27). The zero-order chi connectivity index (χ0) is 22.0. The van der Waals surface area contributed by atoms with Crippen molar-refractivity contribution in [2.24, 2.45) is 5.92 Å². The Bertz CT molecular complexity index is 977. The van der Waals surface area contributed by atoms with Gasteiger partial charge in [-0.3, -0.25) is 19.7 Å². The number of rotatable bonds is 4. The van der Waals surface area contributed by atoms with Crippen LogP contribution in [0.4, 0.5) is 5.13 Å². The summed E-state index contributed by atoms with van der Waals surface area (Å²) in [6.07, 6.45) is 3.83. The molecule has 1 unspecified atom stereocenters. The second-order valence-electron chi connectivity index (χ2n) is 8.22. The smallest absolute Gasteiger partial charge is 0.308 e. The fourth-order valence-electron chi connectivity index (χ4n) is 4.31. The van der Waals surface area contributed by atoms with Crippen molar-refractivity contribution in [1.29, 1.82) is 0 Å². The molecule has 1 aliphatic carbocycles. The summed E-state index contributed by atoms with van der Waals surface area (Å²) in [5.41, 5.74) is 2.48. The minimum Gasteiger partial charge on any atom is -0.469 e. The lowest BCUT2D eigenvalue weighted by Crippen LogP contribution is -2.43. The number of fused-ring (bicyclic) bond motifs is 1. The Morgan fingerprint density at radius 3 is 2.52 bits per heavy atom. The lowest BCUT2D eigenvalue weighted by molar-refractivity contribution is -0.149. The van der Waals surface area contributed by atoms with Crippen LogP contribution in [-0.4, -0.2) is 47.9 Å². The number of carbonyl (C=O) groups is 3. The van der Waals surface area contributed by atoms with E-state index in [0.717, 1.165) is 35.4 Å². The second kappa shape index (κ2) is 9.18. The maximum Gasteiger partial charge on any atom is 0.308 e. The van der Waals surface area contributed by atoms with E-state index in [9.17, 15) is 14.4 Å². The molecule has 1 aromatic heterocycles.